The summed E-state index contributed by atoms with van der Waals surface area (Å²) < 4.78 is 0. The number of carboxylic acids is 1. The Kier molecular flexibility index (Phi) is 5.17. The molecule has 0 spiro atoms. The van der Waals surface area contributed by atoms with Crippen LogP contribution in [0.15, 0.2) is 0 Å². The van der Waals surface area contributed by atoms with Crippen LogP contribution in [0.3, 0.4) is 0 Å². The molecule has 4 saturated carbocycles. The molecule has 4 nitrogen and oxygen atoms in total. The van der Waals surface area contributed by atoms with E-state index in [2.05, 4.69) is 20.8 Å². The molecule has 9 atom stereocenters. The minimum atomic E-state index is -0.698. The fraction of sp³-hybridized carbons (Fsp3) is 0.917. The lowest BCUT2D eigenvalue weighted by Crippen LogP contribution is -2.57. The maximum atomic E-state index is 13.3. The van der Waals surface area contributed by atoms with E-state index in [1.807, 2.05) is 0 Å². The predicted octanol–water partition coefficient (Wildman–Crippen LogP) is 4.69. The van der Waals surface area contributed by atoms with Crippen molar-refractivity contribution in [3.63, 3.8) is 0 Å². The summed E-state index contributed by atoms with van der Waals surface area (Å²) in [6, 6.07) is 0. The van der Waals surface area contributed by atoms with Crippen LogP contribution in [0.4, 0.5) is 0 Å². The summed E-state index contributed by atoms with van der Waals surface area (Å²) in [6.45, 7) is 7.06. The quantitative estimate of drug-likeness (QED) is 0.730. The van der Waals surface area contributed by atoms with Gasteiger partial charge in [0.2, 0.25) is 0 Å². The monoisotopic (exact) mass is 390 g/mol. The minimum absolute atomic E-state index is 0.187. The lowest BCUT2D eigenvalue weighted by atomic mass is 9.44. The Hall–Kier alpha value is -0.900. The molecule has 4 rings (SSSR count). The number of aliphatic carboxylic acids is 1. The Labute approximate surface area is 169 Å². The molecule has 4 aliphatic rings. The highest BCUT2D eigenvalue weighted by molar-refractivity contribution is 5.83. The van der Waals surface area contributed by atoms with Crippen molar-refractivity contribution >= 4 is 11.8 Å². The zero-order chi connectivity index (χ0) is 20.3. The van der Waals surface area contributed by atoms with Crippen molar-refractivity contribution in [1.29, 1.82) is 0 Å². The molecule has 0 aliphatic heterocycles. The number of aliphatic hydroxyl groups is 1. The summed E-state index contributed by atoms with van der Waals surface area (Å²) in [5.74, 6) is 2.25. The van der Waals surface area contributed by atoms with E-state index in [4.69, 9.17) is 5.11 Å². The number of carboxylic acid groups (broad SMARTS) is 1. The fourth-order valence-electron chi connectivity index (χ4n) is 8.44. The second kappa shape index (κ2) is 7.11. The SMILES string of the molecule is C[C@@H](CCC(=O)O)[C@@H]1CC[C@@H]2[C@H]3C(=O)C[C@H]4C[C@H](O)CC[C@@]4(C)[C@@H]3CC[C@]21C. The largest absolute Gasteiger partial charge is 0.481 e. The highest BCUT2D eigenvalue weighted by atomic mass is 16.4. The van der Waals surface area contributed by atoms with Gasteiger partial charge in [0.15, 0.2) is 0 Å². The Morgan fingerprint density at radius 1 is 1.11 bits per heavy atom. The van der Waals surface area contributed by atoms with E-state index in [0.717, 1.165) is 44.9 Å². The normalized spacial score (nSPS) is 49.1. The van der Waals surface area contributed by atoms with Gasteiger partial charge in [0, 0.05) is 18.8 Å². The third-order valence-electron chi connectivity index (χ3n) is 10.0. The number of hydrogen-bond donors (Lipinski definition) is 2. The van der Waals surface area contributed by atoms with E-state index >= 15 is 0 Å². The standard InChI is InChI=1S/C24H38O4/c1-14(4-7-21(27)28)17-5-6-18-22-19(9-11-24(17,18)3)23(2)10-8-16(25)12-15(23)13-20(22)26/h14-19,22,25H,4-13H2,1-3H3,(H,27,28)/t14-,15+,16+,17-,18+,19+,22+,23+,24-/m0/s1. The summed E-state index contributed by atoms with van der Waals surface area (Å²) in [7, 11) is 0. The van der Waals surface area contributed by atoms with Crippen molar-refractivity contribution in [2.24, 2.45) is 46.3 Å². The Morgan fingerprint density at radius 3 is 2.50 bits per heavy atom. The lowest BCUT2D eigenvalue weighted by molar-refractivity contribution is -0.160. The first kappa shape index (κ1) is 20.4. The van der Waals surface area contributed by atoms with Gasteiger partial charge in [-0.2, -0.15) is 0 Å². The van der Waals surface area contributed by atoms with Gasteiger partial charge in [0.1, 0.15) is 5.78 Å². The predicted molar refractivity (Wildman–Crippen MR) is 108 cm³/mol. The van der Waals surface area contributed by atoms with Gasteiger partial charge < -0.3 is 10.2 Å². The van der Waals surface area contributed by atoms with Gasteiger partial charge in [0.05, 0.1) is 6.10 Å². The van der Waals surface area contributed by atoms with Gasteiger partial charge in [-0.25, -0.2) is 0 Å². The van der Waals surface area contributed by atoms with Crippen LogP contribution >= 0.6 is 0 Å². The van der Waals surface area contributed by atoms with E-state index in [9.17, 15) is 14.7 Å². The minimum Gasteiger partial charge on any atom is -0.481 e. The Balaban J connectivity index is 1.56. The average Bonchev–Trinajstić information content (AvgIpc) is 2.98. The van der Waals surface area contributed by atoms with Crippen molar-refractivity contribution in [2.45, 2.75) is 91.1 Å². The third-order valence-corrected chi connectivity index (χ3v) is 10.0. The number of aliphatic hydroxyl groups excluding tert-OH is 1. The molecule has 4 aliphatic carbocycles. The van der Waals surface area contributed by atoms with E-state index in [1.165, 1.54) is 6.42 Å². The topological polar surface area (TPSA) is 74.6 Å². The van der Waals surface area contributed by atoms with Gasteiger partial charge >= 0.3 is 5.97 Å². The molecule has 4 heteroatoms. The van der Waals surface area contributed by atoms with E-state index < -0.39 is 5.97 Å². The summed E-state index contributed by atoms with van der Waals surface area (Å²) in [5, 5.41) is 19.3. The first-order valence-electron chi connectivity index (χ1n) is 11.6. The van der Waals surface area contributed by atoms with Gasteiger partial charge in [-0.05, 0) is 91.8 Å². The van der Waals surface area contributed by atoms with E-state index in [-0.39, 0.29) is 29.3 Å². The van der Waals surface area contributed by atoms with Crippen LogP contribution < -0.4 is 0 Å². The van der Waals surface area contributed by atoms with E-state index in [1.54, 1.807) is 0 Å². The first-order chi connectivity index (χ1) is 13.2. The molecular weight excluding hydrogens is 352 g/mol. The first-order valence-corrected chi connectivity index (χ1v) is 11.6. The molecule has 0 aromatic heterocycles. The van der Waals surface area contributed by atoms with Crippen molar-refractivity contribution in [1.82, 2.24) is 0 Å². The molecule has 0 bridgehead atoms. The Bertz CT molecular complexity index is 645. The summed E-state index contributed by atoms with van der Waals surface area (Å²) in [5.41, 5.74) is 0.401. The number of carbonyl (C=O) groups excluding carboxylic acids is 1. The van der Waals surface area contributed by atoms with Crippen LogP contribution in [0.1, 0.15) is 85.0 Å². The number of ketones is 1. The highest BCUT2D eigenvalue weighted by Gasteiger charge is 2.62. The number of fused-ring (bicyclic) bond motifs is 5. The third kappa shape index (κ3) is 3.05. The maximum Gasteiger partial charge on any atom is 0.303 e. The van der Waals surface area contributed by atoms with Crippen molar-refractivity contribution in [3.8, 4) is 0 Å². The average molecular weight is 391 g/mol. The van der Waals surface area contributed by atoms with Crippen LogP contribution in [0.5, 0.6) is 0 Å². The highest BCUT2D eigenvalue weighted by Crippen LogP contribution is 2.67. The van der Waals surface area contributed by atoms with Crippen molar-refractivity contribution < 1.29 is 19.8 Å². The van der Waals surface area contributed by atoms with Gasteiger partial charge in [-0.15, -0.1) is 0 Å². The Morgan fingerprint density at radius 2 is 1.79 bits per heavy atom. The molecule has 0 saturated heterocycles. The molecular formula is C24H38O4. The van der Waals surface area contributed by atoms with Gasteiger partial charge in [-0.3, -0.25) is 9.59 Å². The molecule has 28 heavy (non-hydrogen) atoms. The molecule has 0 unspecified atom stereocenters. The zero-order valence-electron chi connectivity index (χ0n) is 17.8. The second-order valence-corrected chi connectivity index (χ2v) is 11.2. The molecule has 4 fully saturated rings. The maximum absolute atomic E-state index is 13.3. The zero-order valence-corrected chi connectivity index (χ0v) is 17.8. The molecule has 0 heterocycles. The number of carbonyl (C=O) groups is 2. The van der Waals surface area contributed by atoms with Crippen molar-refractivity contribution in [2.75, 3.05) is 0 Å². The molecule has 0 aromatic carbocycles. The van der Waals surface area contributed by atoms with Crippen LogP contribution in [0.2, 0.25) is 0 Å². The number of Topliss-reactive ketones (excluding diaryl/α,β-unsaturated/α-hetero) is 1. The van der Waals surface area contributed by atoms with Crippen LogP contribution in [-0.2, 0) is 9.59 Å². The summed E-state index contributed by atoms with van der Waals surface area (Å²) in [4.78, 5) is 24.4. The molecule has 0 aromatic rings. The number of hydrogen-bond acceptors (Lipinski definition) is 3. The fourth-order valence-corrected chi connectivity index (χ4v) is 8.44. The molecule has 0 amide bonds. The molecule has 158 valence electrons. The number of rotatable bonds is 4. The van der Waals surface area contributed by atoms with E-state index in [0.29, 0.717) is 41.8 Å². The molecule has 2 N–H and O–H groups in total. The van der Waals surface area contributed by atoms with Crippen LogP contribution in [-0.4, -0.2) is 28.1 Å². The summed E-state index contributed by atoms with van der Waals surface area (Å²) >= 11 is 0. The molecule has 0 radical (unpaired) electrons. The van der Waals surface area contributed by atoms with Crippen LogP contribution in [0, 0.1) is 46.3 Å². The van der Waals surface area contributed by atoms with Gasteiger partial charge in [-0.1, -0.05) is 20.8 Å². The van der Waals surface area contributed by atoms with Gasteiger partial charge in [0.25, 0.3) is 0 Å². The summed E-state index contributed by atoms with van der Waals surface area (Å²) in [6.07, 6.45) is 8.81. The smallest absolute Gasteiger partial charge is 0.303 e. The van der Waals surface area contributed by atoms with Crippen molar-refractivity contribution in [3.05, 3.63) is 0 Å². The second-order valence-electron chi connectivity index (χ2n) is 11.2. The lowest BCUT2D eigenvalue weighted by Gasteiger charge is -2.60. The van der Waals surface area contributed by atoms with Crippen LogP contribution in [0.25, 0.3) is 0 Å².